The van der Waals surface area contributed by atoms with Crippen molar-refractivity contribution in [2.24, 2.45) is 5.92 Å². The summed E-state index contributed by atoms with van der Waals surface area (Å²) in [6.07, 6.45) is 3.30. The van der Waals surface area contributed by atoms with Crippen LogP contribution in [0.3, 0.4) is 0 Å². The molecule has 5 heteroatoms. The molecular weight excluding hydrogens is 302 g/mol. The minimum atomic E-state index is -0.0759. The maximum atomic E-state index is 12.3. The van der Waals surface area contributed by atoms with Crippen LogP contribution >= 0.6 is 12.4 Å². The minimum Gasteiger partial charge on any atom is -0.497 e. The molecule has 2 heterocycles. The van der Waals surface area contributed by atoms with Crippen LogP contribution in [-0.4, -0.2) is 44.2 Å². The van der Waals surface area contributed by atoms with Gasteiger partial charge < -0.3 is 9.47 Å². The Morgan fingerprint density at radius 2 is 1.86 bits per heavy atom. The number of hydrogen-bond acceptors (Lipinski definition) is 4. The van der Waals surface area contributed by atoms with Crippen molar-refractivity contribution in [1.82, 2.24) is 4.90 Å². The summed E-state index contributed by atoms with van der Waals surface area (Å²) in [4.78, 5) is 14.7. The number of fused-ring (bicyclic) bond motifs is 2. The first-order chi connectivity index (χ1) is 10.2. The van der Waals surface area contributed by atoms with Gasteiger partial charge in [-0.15, -0.1) is 12.4 Å². The van der Waals surface area contributed by atoms with Crippen LogP contribution in [0.15, 0.2) is 24.3 Å². The Balaban J connectivity index is 0.00000176. The van der Waals surface area contributed by atoms with Gasteiger partial charge in [0.1, 0.15) is 5.75 Å². The number of carbonyl (C=O) groups is 1. The fraction of sp³-hybridized carbons (Fsp3) is 0.588. The van der Waals surface area contributed by atoms with Crippen molar-refractivity contribution in [2.75, 3.05) is 21.3 Å². The molecular formula is C17H24ClNO3. The summed E-state index contributed by atoms with van der Waals surface area (Å²) in [5.41, 5.74) is 1.22. The maximum absolute atomic E-state index is 12.3. The monoisotopic (exact) mass is 325 g/mol. The Labute approximate surface area is 138 Å². The topological polar surface area (TPSA) is 38.8 Å². The second-order valence-electron chi connectivity index (χ2n) is 6.13. The summed E-state index contributed by atoms with van der Waals surface area (Å²) in [6, 6.07) is 9.02. The molecule has 1 aromatic carbocycles. The number of piperidine rings is 1. The predicted octanol–water partition coefficient (Wildman–Crippen LogP) is 2.86. The van der Waals surface area contributed by atoms with Crippen LogP contribution in [-0.2, 0) is 9.53 Å². The predicted molar refractivity (Wildman–Crippen MR) is 87.7 cm³/mol. The molecule has 4 nitrogen and oxygen atoms in total. The first-order valence-electron chi connectivity index (χ1n) is 7.59. The second kappa shape index (κ2) is 6.88. The first-order valence-corrected chi connectivity index (χ1v) is 7.59. The lowest BCUT2D eigenvalue weighted by atomic mass is 9.76. The summed E-state index contributed by atoms with van der Waals surface area (Å²) in [6.45, 7) is 0. The van der Waals surface area contributed by atoms with E-state index in [1.165, 1.54) is 19.1 Å². The summed E-state index contributed by atoms with van der Waals surface area (Å²) in [5, 5.41) is 0. The number of halogens is 1. The van der Waals surface area contributed by atoms with Crippen LogP contribution in [0.2, 0.25) is 0 Å². The van der Waals surface area contributed by atoms with E-state index < -0.39 is 0 Å². The van der Waals surface area contributed by atoms with Gasteiger partial charge in [-0.1, -0.05) is 12.1 Å². The summed E-state index contributed by atoms with van der Waals surface area (Å²) in [7, 11) is 5.30. The van der Waals surface area contributed by atoms with Crippen molar-refractivity contribution in [1.29, 1.82) is 0 Å². The number of nitrogens with zero attached hydrogens (tertiary/aromatic N) is 1. The molecule has 2 saturated heterocycles. The van der Waals surface area contributed by atoms with Crippen molar-refractivity contribution in [3.63, 3.8) is 0 Å². The fourth-order valence-corrected chi connectivity index (χ4v) is 4.12. The van der Waals surface area contributed by atoms with E-state index in [-0.39, 0.29) is 30.2 Å². The highest BCUT2D eigenvalue weighted by Crippen LogP contribution is 2.46. The van der Waals surface area contributed by atoms with E-state index in [0.717, 1.165) is 18.6 Å². The van der Waals surface area contributed by atoms with Gasteiger partial charge in [0.25, 0.3) is 0 Å². The molecule has 2 fully saturated rings. The molecule has 0 spiro atoms. The molecule has 0 aliphatic carbocycles. The highest BCUT2D eigenvalue weighted by atomic mass is 35.5. The van der Waals surface area contributed by atoms with Gasteiger partial charge in [-0.25, -0.2) is 0 Å². The van der Waals surface area contributed by atoms with Gasteiger partial charge in [-0.05, 0) is 44.0 Å². The van der Waals surface area contributed by atoms with E-state index in [4.69, 9.17) is 9.47 Å². The van der Waals surface area contributed by atoms with Crippen LogP contribution in [0, 0.1) is 5.92 Å². The minimum absolute atomic E-state index is 0. The zero-order valence-corrected chi connectivity index (χ0v) is 14.1. The van der Waals surface area contributed by atoms with Crippen molar-refractivity contribution in [3.8, 4) is 5.75 Å². The Morgan fingerprint density at radius 1 is 1.18 bits per heavy atom. The molecule has 0 saturated carbocycles. The largest absolute Gasteiger partial charge is 0.497 e. The standard InChI is InChI=1S/C17H23NO3.ClH/c1-18-12-6-9-15(18)16(17(19)21-3)14(10-12)11-4-7-13(20-2)8-5-11;/h4-5,7-8,12,14-16H,6,9-10H2,1-3H3;1H/t12-,14+,15+,16-;/m0./s1. The Kier molecular flexibility index (Phi) is 5.35. The van der Waals surface area contributed by atoms with Gasteiger partial charge in [0, 0.05) is 18.0 Å². The Hall–Kier alpha value is -1.26. The number of rotatable bonds is 3. The normalized spacial score (nSPS) is 30.5. The van der Waals surface area contributed by atoms with Crippen LogP contribution in [0.4, 0.5) is 0 Å². The van der Waals surface area contributed by atoms with E-state index in [9.17, 15) is 4.79 Å². The van der Waals surface area contributed by atoms with Gasteiger partial charge >= 0.3 is 5.97 Å². The number of hydrogen-bond donors (Lipinski definition) is 0. The second-order valence-corrected chi connectivity index (χ2v) is 6.13. The third kappa shape index (κ3) is 2.82. The van der Waals surface area contributed by atoms with Gasteiger partial charge in [0.2, 0.25) is 0 Å². The highest BCUT2D eigenvalue weighted by molar-refractivity contribution is 5.85. The molecule has 122 valence electrons. The number of benzene rings is 1. The zero-order chi connectivity index (χ0) is 15.0. The molecule has 1 aromatic rings. The molecule has 22 heavy (non-hydrogen) atoms. The number of ether oxygens (including phenoxy) is 2. The molecule has 0 amide bonds. The molecule has 0 aromatic heterocycles. The van der Waals surface area contributed by atoms with Gasteiger partial charge in [-0.2, -0.15) is 0 Å². The van der Waals surface area contributed by atoms with Crippen molar-refractivity contribution in [3.05, 3.63) is 29.8 Å². The molecule has 0 radical (unpaired) electrons. The van der Waals surface area contributed by atoms with Gasteiger partial charge in [0.05, 0.1) is 20.1 Å². The molecule has 2 aliphatic heterocycles. The van der Waals surface area contributed by atoms with E-state index in [1.54, 1.807) is 7.11 Å². The molecule has 3 rings (SSSR count). The van der Waals surface area contributed by atoms with Crippen molar-refractivity contribution >= 4 is 18.4 Å². The third-order valence-electron chi connectivity index (χ3n) is 5.29. The highest BCUT2D eigenvalue weighted by Gasteiger charge is 2.49. The number of methoxy groups -OCH3 is 2. The average molecular weight is 326 g/mol. The quantitative estimate of drug-likeness (QED) is 0.801. The maximum Gasteiger partial charge on any atom is 0.310 e. The zero-order valence-electron chi connectivity index (χ0n) is 13.3. The SMILES string of the molecule is COC(=O)[C@H]1[C@@H](c2ccc(OC)cc2)C[C@@H]2CC[C@H]1N2C.Cl. The van der Waals surface area contributed by atoms with Gasteiger partial charge in [-0.3, -0.25) is 9.69 Å². The fourth-order valence-electron chi connectivity index (χ4n) is 4.12. The lowest BCUT2D eigenvalue weighted by molar-refractivity contribution is -0.150. The average Bonchev–Trinajstić information content (AvgIpc) is 2.76. The van der Waals surface area contributed by atoms with E-state index in [0.29, 0.717) is 12.1 Å². The molecule has 0 N–H and O–H groups in total. The van der Waals surface area contributed by atoms with Crippen LogP contribution in [0.1, 0.15) is 30.7 Å². The lowest BCUT2D eigenvalue weighted by Gasteiger charge is -2.41. The van der Waals surface area contributed by atoms with Gasteiger partial charge in [0.15, 0.2) is 0 Å². The van der Waals surface area contributed by atoms with Crippen LogP contribution in [0.25, 0.3) is 0 Å². The van der Waals surface area contributed by atoms with Crippen molar-refractivity contribution in [2.45, 2.75) is 37.3 Å². The smallest absolute Gasteiger partial charge is 0.310 e. The van der Waals surface area contributed by atoms with E-state index in [1.807, 2.05) is 12.1 Å². The molecule has 4 atom stereocenters. The van der Waals surface area contributed by atoms with Crippen molar-refractivity contribution < 1.29 is 14.3 Å². The van der Waals surface area contributed by atoms with Crippen LogP contribution < -0.4 is 4.74 Å². The first kappa shape index (κ1) is 17.1. The Bertz CT molecular complexity index is 519. The summed E-state index contributed by atoms with van der Waals surface area (Å²) >= 11 is 0. The number of carbonyl (C=O) groups excluding carboxylic acids is 1. The summed E-state index contributed by atoms with van der Waals surface area (Å²) < 4.78 is 10.3. The molecule has 0 unspecified atom stereocenters. The van der Waals surface area contributed by atoms with Crippen LogP contribution in [0.5, 0.6) is 5.75 Å². The third-order valence-corrected chi connectivity index (χ3v) is 5.29. The van der Waals surface area contributed by atoms with E-state index in [2.05, 4.69) is 24.1 Å². The van der Waals surface area contributed by atoms with E-state index >= 15 is 0 Å². The lowest BCUT2D eigenvalue weighted by Crippen LogP contribution is -2.49. The Morgan fingerprint density at radius 3 is 2.45 bits per heavy atom. The molecule has 2 aliphatic rings. The number of esters is 1. The summed E-state index contributed by atoms with van der Waals surface area (Å²) in [5.74, 6) is 0.960. The molecule has 2 bridgehead atoms.